The summed E-state index contributed by atoms with van der Waals surface area (Å²) in [6.45, 7) is 11.6. The summed E-state index contributed by atoms with van der Waals surface area (Å²) in [6.07, 6.45) is 0. The van der Waals surface area contributed by atoms with Crippen molar-refractivity contribution in [1.82, 2.24) is 0 Å². The van der Waals surface area contributed by atoms with Gasteiger partial charge in [0.05, 0.1) is 13.6 Å². The molecule has 0 bridgehead atoms. The van der Waals surface area contributed by atoms with Gasteiger partial charge in [0.25, 0.3) is 0 Å². The van der Waals surface area contributed by atoms with Gasteiger partial charge in [0.2, 0.25) is 11.2 Å². The molecule has 0 amide bonds. The van der Waals surface area contributed by atoms with Crippen molar-refractivity contribution < 1.29 is 8.98 Å². The molecular formula is C27H28NOSi+. The molecule has 5 aromatic rings. The Balaban J connectivity index is 1.76. The zero-order valence-electron chi connectivity index (χ0n) is 18.6. The van der Waals surface area contributed by atoms with Gasteiger partial charge in [0.1, 0.15) is 18.2 Å². The second-order valence-corrected chi connectivity index (χ2v) is 14.6. The average molecular weight is 411 g/mol. The molecular weight excluding hydrogens is 382 g/mol. The van der Waals surface area contributed by atoms with Gasteiger partial charge in [0.15, 0.2) is 0 Å². The summed E-state index contributed by atoms with van der Waals surface area (Å²) < 4.78 is 8.50. The van der Waals surface area contributed by atoms with Gasteiger partial charge in [-0.05, 0) is 49.2 Å². The number of aromatic nitrogens is 1. The first kappa shape index (κ1) is 19.1. The first-order valence-electron chi connectivity index (χ1n) is 10.6. The van der Waals surface area contributed by atoms with E-state index in [0.717, 1.165) is 11.2 Å². The predicted molar refractivity (Wildman–Crippen MR) is 130 cm³/mol. The Kier molecular flexibility index (Phi) is 4.16. The van der Waals surface area contributed by atoms with Crippen LogP contribution in [0.15, 0.2) is 65.1 Å². The predicted octanol–water partition coefficient (Wildman–Crippen LogP) is 6.39. The van der Waals surface area contributed by atoms with Crippen LogP contribution in [-0.4, -0.2) is 8.07 Å². The summed E-state index contributed by atoms with van der Waals surface area (Å²) in [5.74, 6) is 0. The summed E-state index contributed by atoms with van der Waals surface area (Å²) >= 11 is 0. The average Bonchev–Trinajstić information content (AvgIpc) is 3.06. The maximum atomic E-state index is 6.18. The fourth-order valence-electron chi connectivity index (χ4n) is 4.53. The van der Waals surface area contributed by atoms with E-state index in [2.05, 4.69) is 93.6 Å². The van der Waals surface area contributed by atoms with E-state index in [-0.39, 0.29) is 0 Å². The molecule has 0 saturated carbocycles. The third-order valence-corrected chi connectivity index (χ3v) is 8.41. The highest BCUT2D eigenvalue weighted by atomic mass is 28.3. The lowest BCUT2D eigenvalue weighted by Crippen LogP contribution is -2.38. The minimum absolute atomic E-state index is 0.946. The summed E-state index contributed by atoms with van der Waals surface area (Å²) in [6, 6.07) is 22.1. The van der Waals surface area contributed by atoms with Gasteiger partial charge in [-0.25, -0.2) is 0 Å². The van der Waals surface area contributed by atoms with Gasteiger partial charge >= 0.3 is 0 Å². The molecule has 3 aromatic carbocycles. The van der Waals surface area contributed by atoms with E-state index in [0.29, 0.717) is 0 Å². The number of hydrogen-bond acceptors (Lipinski definition) is 1. The standard InChI is InChI=1S/C27H28NOSi/c1-17-13-23-20-9-7-8-10-26(20)29-27(23)16-22(17)25-14-18(2)21-15-19(30(4,5)6)11-12-24(21)28(25)3/h7-16H,1-6H3/q+1. The number of rotatable bonds is 2. The largest absolute Gasteiger partial charge is 0.456 e. The molecule has 0 atom stereocenters. The van der Waals surface area contributed by atoms with Crippen molar-refractivity contribution in [3.63, 3.8) is 0 Å². The van der Waals surface area contributed by atoms with Crippen LogP contribution in [0.25, 0.3) is 44.1 Å². The molecule has 0 aliphatic carbocycles. The molecule has 0 saturated heterocycles. The molecule has 0 aliphatic rings. The topological polar surface area (TPSA) is 17.0 Å². The van der Waals surface area contributed by atoms with Crippen molar-refractivity contribution in [3.05, 3.63) is 71.8 Å². The van der Waals surface area contributed by atoms with Crippen molar-refractivity contribution >= 4 is 46.1 Å². The number of aryl methyl sites for hydroxylation is 3. The van der Waals surface area contributed by atoms with Gasteiger partial charge in [-0.3, -0.25) is 0 Å². The van der Waals surface area contributed by atoms with Crippen molar-refractivity contribution in [2.75, 3.05) is 0 Å². The van der Waals surface area contributed by atoms with Crippen LogP contribution in [0.5, 0.6) is 0 Å². The fraction of sp³-hybridized carbons (Fsp3) is 0.222. The molecule has 0 radical (unpaired) electrons. The molecule has 0 N–H and O–H groups in total. The smallest absolute Gasteiger partial charge is 0.213 e. The molecule has 30 heavy (non-hydrogen) atoms. The molecule has 150 valence electrons. The second kappa shape index (κ2) is 6.54. The number of hydrogen-bond donors (Lipinski definition) is 0. The van der Waals surface area contributed by atoms with Gasteiger partial charge in [-0.1, -0.05) is 49.1 Å². The molecule has 0 spiro atoms. The highest BCUT2D eigenvalue weighted by Gasteiger charge is 2.23. The number of nitrogens with zero attached hydrogens (tertiary/aromatic N) is 1. The van der Waals surface area contributed by atoms with Crippen molar-refractivity contribution in [2.45, 2.75) is 33.5 Å². The Labute approximate surface area is 178 Å². The maximum absolute atomic E-state index is 6.18. The summed E-state index contributed by atoms with van der Waals surface area (Å²) in [5.41, 5.74) is 8.20. The number of para-hydroxylation sites is 1. The van der Waals surface area contributed by atoms with Crippen LogP contribution in [0.3, 0.4) is 0 Å². The van der Waals surface area contributed by atoms with Gasteiger partial charge in [-0.15, -0.1) is 0 Å². The third kappa shape index (κ3) is 2.88. The van der Waals surface area contributed by atoms with E-state index in [1.165, 1.54) is 49.2 Å². The molecule has 0 unspecified atom stereocenters. The lowest BCUT2D eigenvalue weighted by Gasteiger charge is -2.17. The van der Waals surface area contributed by atoms with Crippen molar-refractivity contribution in [3.8, 4) is 11.3 Å². The molecule has 2 aromatic heterocycles. The zero-order valence-corrected chi connectivity index (χ0v) is 19.6. The Morgan fingerprint density at radius 3 is 2.27 bits per heavy atom. The second-order valence-electron chi connectivity index (χ2n) is 9.52. The molecule has 3 heteroatoms. The van der Waals surface area contributed by atoms with Crippen LogP contribution < -0.4 is 9.75 Å². The molecule has 0 aliphatic heterocycles. The zero-order chi connectivity index (χ0) is 21.2. The van der Waals surface area contributed by atoms with Gasteiger partial charge in [0, 0.05) is 28.3 Å². The summed E-state index contributed by atoms with van der Waals surface area (Å²) in [5, 5.41) is 5.22. The van der Waals surface area contributed by atoms with Crippen LogP contribution in [0.2, 0.25) is 19.6 Å². The lowest BCUT2D eigenvalue weighted by atomic mass is 9.99. The highest BCUT2D eigenvalue weighted by molar-refractivity contribution is 6.88. The van der Waals surface area contributed by atoms with Gasteiger partial charge < -0.3 is 4.42 Å². The molecule has 2 nitrogen and oxygen atoms in total. The van der Waals surface area contributed by atoms with E-state index in [1.54, 1.807) is 0 Å². The Bertz CT molecular complexity index is 1450. The van der Waals surface area contributed by atoms with E-state index >= 15 is 0 Å². The number of pyridine rings is 1. The lowest BCUT2D eigenvalue weighted by molar-refractivity contribution is -0.633. The minimum Gasteiger partial charge on any atom is -0.456 e. The Morgan fingerprint density at radius 1 is 0.733 bits per heavy atom. The van der Waals surface area contributed by atoms with E-state index in [9.17, 15) is 0 Å². The minimum atomic E-state index is -1.35. The summed E-state index contributed by atoms with van der Waals surface area (Å²) in [4.78, 5) is 0. The molecule has 0 fully saturated rings. The quantitative estimate of drug-likeness (QED) is 0.243. The highest BCUT2D eigenvalue weighted by Crippen LogP contribution is 2.34. The Morgan fingerprint density at radius 2 is 1.50 bits per heavy atom. The maximum Gasteiger partial charge on any atom is 0.213 e. The first-order chi connectivity index (χ1) is 14.2. The van der Waals surface area contributed by atoms with Crippen LogP contribution >= 0.6 is 0 Å². The molecule has 5 rings (SSSR count). The SMILES string of the molecule is Cc1cc2c(cc1-c1cc(C)c3cc([Si](C)(C)C)ccc3[n+]1C)oc1ccccc12. The van der Waals surface area contributed by atoms with Crippen molar-refractivity contribution in [2.24, 2.45) is 7.05 Å². The van der Waals surface area contributed by atoms with Gasteiger partial charge in [-0.2, -0.15) is 4.57 Å². The Hall–Kier alpha value is -2.91. The molecule has 2 heterocycles. The summed E-state index contributed by atoms with van der Waals surface area (Å²) in [7, 11) is 0.828. The van der Waals surface area contributed by atoms with Crippen molar-refractivity contribution in [1.29, 1.82) is 0 Å². The van der Waals surface area contributed by atoms with E-state index in [1.807, 2.05) is 12.1 Å². The van der Waals surface area contributed by atoms with Crippen LogP contribution in [0.1, 0.15) is 11.1 Å². The van der Waals surface area contributed by atoms with E-state index < -0.39 is 8.07 Å². The first-order valence-corrected chi connectivity index (χ1v) is 14.1. The normalized spacial score (nSPS) is 12.3. The number of benzene rings is 3. The van der Waals surface area contributed by atoms with Crippen LogP contribution in [0.4, 0.5) is 0 Å². The third-order valence-electron chi connectivity index (χ3n) is 6.36. The monoisotopic (exact) mass is 410 g/mol. The van der Waals surface area contributed by atoms with E-state index in [4.69, 9.17) is 4.42 Å². The number of fused-ring (bicyclic) bond motifs is 4. The fourth-order valence-corrected chi connectivity index (χ4v) is 5.69. The van der Waals surface area contributed by atoms with Crippen LogP contribution in [0, 0.1) is 13.8 Å². The van der Waals surface area contributed by atoms with Crippen LogP contribution in [-0.2, 0) is 7.05 Å². The number of furan rings is 1.